The summed E-state index contributed by atoms with van der Waals surface area (Å²) in [5.41, 5.74) is -0.0388. The van der Waals surface area contributed by atoms with Crippen molar-refractivity contribution in [1.29, 1.82) is 0 Å². The van der Waals surface area contributed by atoms with Gasteiger partial charge in [-0.1, -0.05) is 48.3 Å². The van der Waals surface area contributed by atoms with Crippen molar-refractivity contribution in [2.75, 3.05) is 31.1 Å². The molecule has 1 amide bonds. The first-order valence-corrected chi connectivity index (χ1v) is 10.6. The first-order valence-electron chi connectivity index (χ1n) is 9.45. The van der Waals surface area contributed by atoms with Crippen LogP contribution in [0.3, 0.4) is 0 Å². The zero-order valence-electron chi connectivity index (χ0n) is 15.0. The van der Waals surface area contributed by atoms with E-state index in [1.54, 1.807) is 22.3 Å². The lowest BCUT2D eigenvalue weighted by Gasteiger charge is -2.34. The minimum Gasteiger partial charge on any atom is -0.343 e. The van der Waals surface area contributed by atoms with E-state index in [4.69, 9.17) is 11.6 Å². The van der Waals surface area contributed by atoms with Gasteiger partial charge in [-0.3, -0.25) is 4.79 Å². The number of anilines is 1. The molecule has 4 rings (SSSR count). The van der Waals surface area contributed by atoms with Gasteiger partial charge in [0.25, 0.3) is 5.91 Å². The summed E-state index contributed by atoms with van der Waals surface area (Å²) in [5.74, 6) is -0.370. The highest BCUT2D eigenvalue weighted by molar-refractivity contribution is 7.15. The fraction of sp³-hybridized carbons (Fsp3) is 0.526. The van der Waals surface area contributed by atoms with Gasteiger partial charge in [0.15, 0.2) is 0 Å². The molecule has 2 aromatic rings. The molecule has 0 radical (unpaired) electrons. The van der Waals surface area contributed by atoms with Crippen molar-refractivity contribution >= 4 is 34.0 Å². The number of aromatic nitrogens is 2. The Bertz CT molecular complexity index is 796. The van der Waals surface area contributed by atoms with Gasteiger partial charge in [-0.25, -0.2) is 4.39 Å². The zero-order valence-corrected chi connectivity index (χ0v) is 16.6. The van der Waals surface area contributed by atoms with Crippen LogP contribution in [0.15, 0.2) is 18.2 Å². The number of carbonyl (C=O) groups is 1. The van der Waals surface area contributed by atoms with Crippen molar-refractivity contribution in [3.63, 3.8) is 0 Å². The Labute approximate surface area is 167 Å². The molecule has 0 bridgehead atoms. The molecule has 1 saturated carbocycles. The Hall–Kier alpha value is -1.73. The third-order valence-electron chi connectivity index (χ3n) is 5.40. The SMILES string of the molecule is O=C(c1c(F)cccc1Cl)N1CCN(c2nnc(C3CCCCC3)s2)CC1. The smallest absolute Gasteiger partial charge is 0.258 e. The number of benzene rings is 1. The molecule has 27 heavy (non-hydrogen) atoms. The quantitative estimate of drug-likeness (QED) is 0.758. The van der Waals surface area contributed by atoms with E-state index < -0.39 is 5.82 Å². The molecule has 1 saturated heterocycles. The van der Waals surface area contributed by atoms with E-state index in [1.807, 2.05) is 0 Å². The van der Waals surface area contributed by atoms with E-state index in [9.17, 15) is 9.18 Å². The van der Waals surface area contributed by atoms with Gasteiger partial charge in [0.2, 0.25) is 5.13 Å². The van der Waals surface area contributed by atoms with Crippen LogP contribution in [-0.2, 0) is 0 Å². The fourth-order valence-electron chi connectivity index (χ4n) is 3.83. The lowest BCUT2D eigenvalue weighted by atomic mass is 9.90. The molecule has 1 aliphatic carbocycles. The van der Waals surface area contributed by atoms with E-state index in [-0.39, 0.29) is 16.5 Å². The normalized spacial score (nSPS) is 18.7. The summed E-state index contributed by atoms with van der Waals surface area (Å²) in [4.78, 5) is 16.5. The van der Waals surface area contributed by atoms with E-state index in [0.29, 0.717) is 32.1 Å². The lowest BCUT2D eigenvalue weighted by molar-refractivity contribution is 0.0742. The molecule has 0 spiro atoms. The molecule has 0 unspecified atom stereocenters. The molecule has 8 heteroatoms. The van der Waals surface area contributed by atoms with Crippen molar-refractivity contribution in [3.8, 4) is 0 Å². The van der Waals surface area contributed by atoms with E-state index in [2.05, 4.69) is 15.1 Å². The second-order valence-electron chi connectivity index (χ2n) is 7.13. The lowest BCUT2D eigenvalue weighted by Crippen LogP contribution is -2.49. The largest absolute Gasteiger partial charge is 0.343 e. The van der Waals surface area contributed by atoms with Gasteiger partial charge in [-0.15, -0.1) is 10.2 Å². The molecule has 0 N–H and O–H groups in total. The van der Waals surface area contributed by atoms with E-state index >= 15 is 0 Å². The number of piperazine rings is 1. The van der Waals surface area contributed by atoms with Crippen molar-refractivity contribution in [1.82, 2.24) is 15.1 Å². The summed E-state index contributed by atoms with van der Waals surface area (Å²) in [6, 6.07) is 4.32. The Morgan fingerprint density at radius 3 is 2.56 bits per heavy atom. The van der Waals surface area contributed by atoms with Crippen molar-refractivity contribution in [2.24, 2.45) is 0 Å². The second kappa shape index (κ2) is 8.10. The predicted molar refractivity (Wildman–Crippen MR) is 105 cm³/mol. The number of halogens is 2. The molecule has 5 nitrogen and oxygen atoms in total. The van der Waals surface area contributed by atoms with Crippen LogP contribution in [0.1, 0.15) is 53.4 Å². The summed E-state index contributed by atoms with van der Waals surface area (Å²) >= 11 is 7.71. The minimum atomic E-state index is -0.573. The summed E-state index contributed by atoms with van der Waals surface area (Å²) in [5, 5.41) is 11.0. The number of nitrogens with zero attached hydrogens (tertiary/aromatic N) is 4. The highest BCUT2D eigenvalue weighted by Gasteiger charge is 2.28. The third-order valence-corrected chi connectivity index (χ3v) is 6.86. The molecule has 2 heterocycles. The Morgan fingerprint density at radius 2 is 1.85 bits per heavy atom. The van der Waals surface area contributed by atoms with Crippen LogP contribution in [0.4, 0.5) is 9.52 Å². The highest BCUT2D eigenvalue weighted by Crippen LogP contribution is 2.36. The van der Waals surface area contributed by atoms with Crippen LogP contribution in [0.2, 0.25) is 5.02 Å². The van der Waals surface area contributed by atoms with Crippen LogP contribution >= 0.6 is 22.9 Å². The molecule has 144 valence electrons. The van der Waals surface area contributed by atoms with Crippen LogP contribution in [-0.4, -0.2) is 47.2 Å². The van der Waals surface area contributed by atoms with Crippen LogP contribution in [0.5, 0.6) is 0 Å². The zero-order chi connectivity index (χ0) is 18.8. The van der Waals surface area contributed by atoms with Crippen LogP contribution < -0.4 is 4.90 Å². The van der Waals surface area contributed by atoms with Gasteiger partial charge >= 0.3 is 0 Å². The van der Waals surface area contributed by atoms with Crippen molar-refractivity contribution in [2.45, 2.75) is 38.0 Å². The monoisotopic (exact) mass is 408 g/mol. The van der Waals surface area contributed by atoms with Crippen molar-refractivity contribution in [3.05, 3.63) is 39.6 Å². The number of amides is 1. The molecule has 0 atom stereocenters. The average molecular weight is 409 g/mol. The summed E-state index contributed by atoms with van der Waals surface area (Å²) in [7, 11) is 0. The number of hydrogen-bond acceptors (Lipinski definition) is 5. The van der Waals surface area contributed by atoms with Crippen LogP contribution in [0.25, 0.3) is 0 Å². The number of rotatable bonds is 3. The summed E-state index contributed by atoms with van der Waals surface area (Å²) in [6.45, 7) is 2.36. The van der Waals surface area contributed by atoms with E-state index in [0.717, 1.165) is 10.1 Å². The molecule has 2 fully saturated rings. The Kier molecular flexibility index (Phi) is 5.59. The van der Waals surface area contributed by atoms with E-state index in [1.165, 1.54) is 44.2 Å². The maximum atomic E-state index is 14.0. The van der Waals surface area contributed by atoms with Crippen LogP contribution in [0, 0.1) is 5.82 Å². The molecule has 1 aromatic heterocycles. The Balaban J connectivity index is 1.39. The number of carbonyl (C=O) groups excluding carboxylic acids is 1. The van der Waals surface area contributed by atoms with Gasteiger partial charge in [-0.05, 0) is 25.0 Å². The molecular formula is C19H22ClFN4OS. The summed E-state index contributed by atoms with van der Waals surface area (Å²) < 4.78 is 14.0. The predicted octanol–water partition coefficient (Wildman–Crippen LogP) is 4.34. The van der Waals surface area contributed by atoms with Gasteiger partial charge in [0, 0.05) is 32.1 Å². The topological polar surface area (TPSA) is 49.3 Å². The molecule has 1 aliphatic heterocycles. The maximum absolute atomic E-state index is 14.0. The maximum Gasteiger partial charge on any atom is 0.258 e. The van der Waals surface area contributed by atoms with Gasteiger partial charge in [0.1, 0.15) is 10.8 Å². The highest BCUT2D eigenvalue weighted by atomic mass is 35.5. The third kappa shape index (κ3) is 3.94. The van der Waals surface area contributed by atoms with Crippen molar-refractivity contribution < 1.29 is 9.18 Å². The molecular weight excluding hydrogens is 387 g/mol. The first-order chi connectivity index (χ1) is 13.1. The second-order valence-corrected chi connectivity index (χ2v) is 8.53. The Morgan fingerprint density at radius 1 is 1.11 bits per heavy atom. The summed E-state index contributed by atoms with van der Waals surface area (Å²) in [6.07, 6.45) is 6.29. The fourth-order valence-corrected chi connectivity index (χ4v) is 5.14. The minimum absolute atomic E-state index is 0.0388. The first kappa shape index (κ1) is 18.6. The van der Waals surface area contributed by atoms with Gasteiger partial charge < -0.3 is 9.80 Å². The van der Waals surface area contributed by atoms with Gasteiger partial charge in [0.05, 0.1) is 10.6 Å². The molecule has 2 aliphatic rings. The standard InChI is InChI=1S/C19H22ClFN4OS/c20-14-7-4-8-15(21)16(14)18(26)24-9-11-25(12-10-24)19-23-22-17(27-19)13-5-2-1-3-6-13/h4,7-8,13H,1-3,5-6,9-12H2. The average Bonchev–Trinajstić information content (AvgIpc) is 3.19. The molecule has 1 aromatic carbocycles. The van der Waals surface area contributed by atoms with Gasteiger partial charge in [-0.2, -0.15) is 0 Å². The number of hydrogen-bond donors (Lipinski definition) is 0.